The van der Waals surface area contributed by atoms with Crippen LogP contribution >= 0.6 is 24.8 Å². The van der Waals surface area contributed by atoms with Crippen LogP contribution in [-0.2, 0) is 4.79 Å². The zero-order chi connectivity index (χ0) is 15.0. The standard InChI is InChI=1S/C16H27N3O.2ClH/c1-4-11-19(5-2)12-10-18-16(20)15(17)14-8-6-13(3)7-9-14;;/h6-9,15H,4-5,10-12,17H2,1-3H3,(H,18,20);2*1H. The molecule has 0 aromatic heterocycles. The van der Waals surface area contributed by atoms with Crippen molar-refractivity contribution in [3.8, 4) is 0 Å². The summed E-state index contributed by atoms with van der Waals surface area (Å²) in [4.78, 5) is 14.3. The maximum atomic E-state index is 12.0. The third kappa shape index (κ3) is 7.99. The molecule has 1 amide bonds. The van der Waals surface area contributed by atoms with Crippen LogP contribution in [0.4, 0.5) is 0 Å². The van der Waals surface area contributed by atoms with E-state index in [1.54, 1.807) is 0 Å². The fraction of sp³-hybridized carbons (Fsp3) is 0.562. The van der Waals surface area contributed by atoms with Crippen LogP contribution in [0, 0.1) is 6.92 Å². The van der Waals surface area contributed by atoms with Crippen molar-refractivity contribution in [1.29, 1.82) is 0 Å². The highest BCUT2D eigenvalue weighted by atomic mass is 35.5. The average molecular weight is 350 g/mol. The van der Waals surface area contributed by atoms with Crippen molar-refractivity contribution in [2.24, 2.45) is 5.73 Å². The second-order valence-corrected chi connectivity index (χ2v) is 5.11. The summed E-state index contributed by atoms with van der Waals surface area (Å²) >= 11 is 0. The molecule has 128 valence electrons. The molecule has 0 heterocycles. The topological polar surface area (TPSA) is 58.4 Å². The van der Waals surface area contributed by atoms with E-state index in [2.05, 4.69) is 24.1 Å². The van der Waals surface area contributed by atoms with Gasteiger partial charge in [-0.2, -0.15) is 0 Å². The molecule has 0 radical (unpaired) electrons. The van der Waals surface area contributed by atoms with Crippen LogP contribution in [0.3, 0.4) is 0 Å². The zero-order valence-corrected chi connectivity index (χ0v) is 15.3. The molecule has 22 heavy (non-hydrogen) atoms. The van der Waals surface area contributed by atoms with Crippen LogP contribution in [0.25, 0.3) is 0 Å². The number of benzene rings is 1. The Morgan fingerprint density at radius 3 is 2.27 bits per heavy atom. The van der Waals surface area contributed by atoms with Gasteiger partial charge in [0, 0.05) is 13.1 Å². The van der Waals surface area contributed by atoms with Gasteiger partial charge in [-0.1, -0.05) is 43.7 Å². The number of nitrogens with one attached hydrogen (secondary N) is 1. The molecular formula is C16H29Cl2N3O. The highest BCUT2D eigenvalue weighted by molar-refractivity contribution is 5.85. The lowest BCUT2D eigenvalue weighted by atomic mass is 10.1. The van der Waals surface area contributed by atoms with Crippen LogP contribution in [0.1, 0.15) is 37.4 Å². The van der Waals surface area contributed by atoms with E-state index in [9.17, 15) is 4.79 Å². The van der Waals surface area contributed by atoms with Gasteiger partial charge in [0.1, 0.15) is 6.04 Å². The van der Waals surface area contributed by atoms with Gasteiger partial charge in [0.25, 0.3) is 0 Å². The number of halogens is 2. The fourth-order valence-corrected chi connectivity index (χ4v) is 2.12. The molecule has 0 spiro atoms. The predicted molar refractivity (Wildman–Crippen MR) is 98.0 cm³/mol. The number of nitrogens with zero attached hydrogens (tertiary/aromatic N) is 1. The second kappa shape index (κ2) is 12.7. The number of hydrogen-bond donors (Lipinski definition) is 2. The number of amides is 1. The van der Waals surface area contributed by atoms with E-state index in [0.717, 1.165) is 31.6 Å². The fourth-order valence-electron chi connectivity index (χ4n) is 2.12. The van der Waals surface area contributed by atoms with Crippen molar-refractivity contribution in [3.05, 3.63) is 35.4 Å². The van der Waals surface area contributed by atoms with E-state index < -0.39 is 6.04 Å². The summed E-state index contributed by atoms with van der Waals surface area (Å²) in [5.74, 6) is -0.110. The van der Waals surface area contributed by atoms with Gasteiger partial charge in [0.2, 0.25) is 5.91 Å². The molecule has 0 saturated heterocycles. The van der Waals surface area contributed by atoms with Gasteiger partial charge in [-0.25, -0.2) is 0 Å². The summed E-state index contributed by atoms with van der Waals surface area (Å²) in [7, 11) is 0. The Morgan fingerprint density at radius 1 is 1.18 bits per heavy atom. The number of carbonyl (C=O) groups is 1. The van der Waals surface area contributed by atoms with Gasteiger partial charge in [-0.05, 0) is 32.0 Å². The molecule has 3 N–H and O–H groups in total. The Hall–Kier alpha value is -0.810. The van der Waals surface area contributed by atoms with Gasteiger partial charge in [0.05, 0.1) is 0 Å². The van der Waals surface area contributed by atoms with Gasteiger partial charge < -0.3 is 16.0 Å². The summed E-state index contributed by atoms with van der Waals surface area (Å²) in [6.45, 7) is 9.90. The highest BCUT2D eigenvalue weighted by Crippen LogP contribution is 2.11. The minimum Gasteiger partial charge on any atom is -0.353 e. The Balaban J connectivity index is 0. The Bertz CT molecular complexity index is 412. The Labute approximate surface area is 146 Å². The number of nitrogens with two attached hydrogens (primary N) is 1. The summed E-state index contributed by atoms with van der Waals surface area (Å²) in [6, 6.07) is 7.19. The molecule has 1 unspecified atom stereocenters. The van der Waals surface area contributed by atoms with Crippen molar-refractivity contribution in [2.45, 2.75) is 33.2 Å². The third-order valence-electron chi connectivity index (χ3n) is 3.43. The lowest BCUT2D eigenvalue weighted by Crippen LogP contribution is -2.39. The lowest BCUT2D eigenvalue weighted by molar-refractivity contribution is -0.122. The first-order valence-corrected chi connectivity index (χ1v) is 7.40. The van der Waals surface area contributed by atoms with Gasteiger partial charge in [-0.3, -0.25) is 4.79 Å². The van der Waals surface area contributed by atoms with E-state index >= 15 is 0 Å². The first kappa shape index (κ1) is 23.5. The highest BCUT2D eigenvalue weighted by Gasteiger charge is 2.15. The maximum absolute atomic E-state index is 12.0. The van der Waals surface area contributed by atoms with E-state index in [4.69, 9.17) is 5.73 Å². The molecular weight excluding hydrogens is 321 g/mol. The van der Waals surface area contributed by atoms with Crippen LogP contribution in [0.5, 0.6) is 0 Å². The average Bonchev–Trinajstić information content (AvgIpc) is 2.46. The van der Waals surface area contributed by atoms with Crippen LogP contribution < -0.4 is 11.1 Å². The zero-order valence-electron chi connectivity index (χ0n) is 13.7. The largest absolute Gasteiger partial charge is 0.353 e. The Kier molecular flexibility index (Phi) is 13.5. The van der Waals surface area contributed by atoms with Crippen molar-refractivity contribution < 1.29 is 4.79 Å². The maximum Gasteiger partial charge on any atom is 0.241 e. The summed E-state index contributed by atoms with van der Waals surface area (Å²) < 4.78 is 0. The second-order valence-electron chi connectivity index (χ2n) is 5.11. The molecule has 0 aliphatic rings. The smallest absolute Gasteiger partial charge is 0.241 e. The SMILES string of the molecule is CCCN(CC)CCNC(=O)C(N)c1ccc(C)cc1.Cl.Cl. The number of hydrogen-bond acceptors (Lipinski definition) is 3. The van der Waals surface area contributed by atoms with Crippen LogP contribution in [0.2, 0.25) is 0 Å². The molecule has 1 atom stereocenters. The van der Waals surface area contributed by atoms with E-state index in [1.165, 1.54) is 5.56 Å². The molecule has 6 heteroatoms. The monoisotopic (exact) mass is 349 g/mol. The van der Waals surface area contributed by atoms with Gasteiger partial charge in [0.15, 0.2) is 0 Å². The van der Waals surface area contributed by atoms with Crippen molar-refractivity contribution >= 4 is 30.7 Å². The summed E-state index contributed by atoms with van der Waals surface area (Å²) in [6.07, 6.45) is 1.13. The third-order valence-corrected chi connectivity index (χ3v) is 3.43. The molecule has 0 bridgehead atoms. The molecule has 0 aliphatic carbocycles. The van der Waals surface area contributed by atoms with E-state index in [0.29, 0.717) is 6.54 Å². The molecule has 1 aromatic rings. The minimum absolute atomic E-state index is 0. The lowest BCUT2D eigenvalue weighted by Gasteiger charge is -2.20. The number of carbonyl (C=O) groups excluding carboxylic acids is 1. The van der Waals surface area contributed by atoms with Crippen LogP contribution in [-0.4, -0.2) is 37.0 Å². The number of likely N-dealkylation sites (N-methyl/N-ethyl adjacent to an activating group) is 1. The molecule has 1 aromatic carbocycles. The van der Waals surface area contributed by atoms with Crippen molar-refractivity contribution in [3.63, 3.8) is 0 Å². The van der Waals surface area contributed by atoms with E-state index in [-0.39, 0.29) is 30.7 Å². The predicted octanol–water partition coefficient (Wildman–Crippen LogP) is 2.69. The first-order valence-electron chi connectivity index (χ1n) is 7.40. The van der Waals surface area contributed by atoms with Gasteiger partial charge >= 0.3 is 0 Å². The van der Waals surface area contributed by atoms with Gasteiger partial charge in [-0.15, -0.1) is 24.8 Å². The summed E-state index contributed by atoms with van der Waals surface area (Å²) in [5, 5.41) is 2.91. The molecule has 4 nitrogen and oxygen atoms in total. The minimum atomic E-state index is -0.586. The Morgan fingerprint density at radius 2 is 1.77 bits per heavy atom. The number of rotatable bonds is 8. The molecule has 0 fully saturated rings. The molecule has 1 rings (SSSR count). The molecule has 0 aliphatic heterocycles. The quantitative estimate of drug-likeness (QED) is 0.758. The number of aryl methyl sites for hydroxylation is 1. The van der Waals surface area contributed by atoms with E-state index in [1.807, 2.05) is 31.2 Å². The normalized spacial score (nSPS) is 11.3. The summed E-state index contributed by atoms with van der Waals surface area (Å²) in [5.41, 5.74) is 7.99. The van der Waals surface area contributed by atoms with Crippen molar-refractivity contribution in [1.82, 2.24) is 10.2 Å². The van der Waals surface area contributed by atoms with Crippen molar-refractivity contribution in [2.75, 3.05) is 26.2 Å². The van der Waals surface area contributed by atoms with Crippen LogP contribution in [0.15, 0.2) is 24.3 Å². The first-order chi connectivity index (χ1) is 9.58. The molecule has 0 saturated carbocycles.